The van der Waals surface area contributed by atoms with Gasteiger partial charge >= 0.3 is 0 Å². The summed E-state index contributed by atoms with van der Waals surface area (Å²) in [5.41, 5.74) is 0.370. The van der Waals surface area contributed by atoms with Crippen molar-refractivity contribution in [2.24, 2.45) is 5.92 Å². The number of likely N-dealkylation sites (tertiary alicyclic amines) is 1. The van der Waals surface area contributed by atoms with Crippen LogP contribution in [0.5, 0.6) is 5.75 Å². The van der Waals surface area contributed by atoms with Crippen LogP contribution in [0, 0.1) is 11.7 Å². The van der Waals surface area contributed by atoms with Crippen LogP contribution in [-0.4, -0.2) is 68.8 Å². The van der Waals surface area contributed by atoms with E-state index in [0.29, 0.717) is 30.6 Å². The predicted octanol–water partition coefficient (Wildman–Crippen LogP) is 1.63. The van der Waals surface area contributed by atoms with Crippen molar-refractivity contribution in [3.63, 3.8) is 0 Å². The van der Waals surface area contributed by atoms with E-state index in [9.17, 15) is 9.18 Å². The fourth-order valence-corrected chi connectivity index (χ4v) is 3.45. The van der Waals surface area contributed by atoms with E-state index in [1.807, 2.05) is 4.90 Å². The molecule has 23 heavy (non-hydrogen) atoms. The average molecular weight is 322 g/mol. The number of likely N-dealkylation sites (N-methyl/N-ethyl adjacent to an activating group) is 1. The SMILES string of the molecule is COc1ccc(C(=O)N2CC[C@@H]3COCCN(C)[C@@H]3C2)cc1F. The van der Waals surface area contributed by atoms with E-state index in [4.69, 9.17) is 9.47 Å². The molecule has 0 radical (unpaired) electrons. The Labute approximate surface area is 136 Å². The number of nitrogens with zero attached hydrogens (tertiary/aromatic N) is 2. The molecule has 0 unspecified atom stereocenters. The number of carbonyl (C=O) groups is 1. The largest absolute Gasteiger partial charge is 0.494 e. The second-order valence-corrected chi connectivity index (χ2v) is 6.27. The van der Waals surface area contributed by atoms with Crippen LogP contribution in [0.1, 0.15) is 16.8 Å². The minimum absolute atomic E-state index is 0.122. The number of halogens is 1. The molecule has 0 aliphatic carbocycles. The number of benzene rings is 1. The zero-order chi connectivity index (χ0) is 16.4. The van der Waals surface area contributed by atoms with E-state index >= 15 is 0 Å². The first-order valence-electron chi connectivity index (χ1n) is 8.01. The van der Waals surface area contributed by atoms with Gasteiger partial charge in [-0.05, 0) is 31.7 Å². The highest BCUT2D eigenvalue weighted by molar-refractivity contribution is 5.94. The van der Waals surface area contributed by atoms with Crippen molar-refractivity contribution in [2.75, 3.05) is 47.0 Å². The highest BCUT2D eigenvalue weighted by Gasteiger charge is 2.35. The van der Waals surface area contributed by atoms with Gasteiger partial charge < -0.3 is 14.4 Å². The summed E-state index contributed by atoms with van der Waals surface area (Å²) in [6, 6.07) is 4.68. The topological polar surface area (TPSA) is 42.0 Å². The summed E-state index contributed by atoms with van der Waals surface area (Å²) < 4.78 is 24.4. The van der Waals surface area contributed by atoms with Crippen molar-refractivity contribution >= 4 is 5.91 Å². The smallest absolute Gasteiger partial charge is 0.254 e. The molecule has 2 heterocycles. The third kappa shape index (κ3) is 3.33. The number of methoxy groups -OCH3 is 1. The number of hydrogen-bond donors (Lipinski definition) is 0. The molecule has 2 saturated heterocycles. The lowest BCUT2D eigenvalue weighted by Crippen LogP contribution is -2.53. The van der Waals surface area contributed by atoms with Crippen molar-refractivity contribution in [1.82, 2.24) is 9.80 Å². The average Bonchev–Trinajstić information content (AvgIpc) is 2.75. The van der Waals surface area contributed by atoms with Gasteiger partial charge in [-0.25, -0.2) is 4.39 Å². The summed E-state index contributed by atoms with van der Waals surface area (Å²) in [6.07, 6.45) is 0.916. The van der Waals surface area contributed by atoms with Crippen molar-refractivity contribution in [1.29, 1.82) is 0 Å². The lowest BCUT2D eigenvalue weighted by molar-refractivity contribution is 0.0433. The lowest BCUT2D eigenvalue weighted by atomic mass is 9.91. The summed E-state index contributed by atoms with van der Waals surface area (Å²) in [7, 11) is 3.49. The molecule has 2 atom stereocenters. The minimum Gasteiger partial charge on any atom is -0.494 e. The molecule has 0 saturated carbocycles. The van der Waals surface area contributed by atoms with Gasteiger partial charge in [-0.2, -0.15) is 0 Å². The fraction of sp³-hybridized carbons (Fsp3) is 0.588. The van der Waals surface area contributed by atoms with Gasteiger partial charge in [0.05, 0.1) is 20.3 Å². The molecular weight excluding hydrogens is 299 g/mol. The fourth-order valence-electron chi connectivity index (χ4n) is 3.45. The van der Waals surface area contributed by atoms with Crippen LogP contribution in [0.4, 0.5) is 4.39 Å². The standard InChI is InChI=1S/C17H23FN2O3/c1-19-7-8-23-11-13-5-6-20(10-15(13)19)17(21)12-3-4-16(22-2)14(18)9-12/h3-4,9,13,15H,5-8,10-11H2,1-2H3/t13-,15-/m1/s1. The Kier molecular flexibility index (Phi) is 4.82. The summed E-state index contributed by atoms with van der Waals surface area (Å²) in [5, 5.41) is 0. The van der Waals surface area contributed by atoms with E-state index in [0.717, 1.165) is 26.2 Å². The minimum atomic E-state index is -0.506. The maximum Gasteiger partial charge on any atom is 0.254 e. The van der Waals surface area contributed by atoms with Gasteiger partial charge in [0.1, 0.15) is 0 Å². The Morgan fingerprint density at radius 1 is 1.39 bits per heavy atom. The van der Waals surface area contributed by atoms with E-state index in [2.05, 4.69) is 11.9 Å². The van der Waals surface area contributed by atoms with E-state index in [1.54, 1.807) is 6.07 Å². The monoisotopic (exact) mass is 322 g/mol. The van der Waals surface area contributed by atoms with Crippen LogP contribution in [0.2, 0.25) is 0 Å². The molecular formula is C17H23FN2O3. The molecule has 0 bridgehead atoms. The third-order valence-electron chi connectivity index (χ3n) is 4.89. The Hall–Kier alpha value is -1.66. The maximum absolute atomic E-state index is 13.8. The van der Waals surface area contributed by atoms with Gasteiger partial charge in [0.2, 0.25) is 0 Å². The molecule has 0 N–H and O–H groups in total. The van der Waals surface area contributed by atoms with Crippen LogP contribution in [-0.2, 0) is 4.74 Å². The van der Waals surface area contributed by atoms with Crippen molar-refractivity contribution in [2.45, 2.75) is 12.5 Å². The quantitative estimate of drug-likeness (QED) is 0.830. The van der Waals surface area contributed by atoms with Crippen LogP contribution >= 0.6 is 0 Å². The molecule has 1 aromatic carbocycles. The number of fused-ring (bicyclic) bond motifs is 1. The molecule has 6 heteroatoms. The van der Waals surface area contributed by atoms with Crippen LogP contribution in [0.3, 0.4) is 0 Å². The van der Waals surface area contributed by atoms with E-state index in [1.165, 1.54) is 19.2 Å². The predicted molar refractivity (Wildman–Crippen MR) is 84.2 cm³/mol. The molecule has 3 rings (SSSR count). The first-order chi connectivity index (χ1) is 11.1. The molecule has 2 aliphatic rings. The van der Waals surface area contributed by atoms with Gasteiger partial charge in [0.25, 0.3) is 5.91 Å². The van der Waals surface area contributed by atoms with Gasteiger partial charge in [-0.3, -0.25) is 9.69 Å². The second kappa shape index (κ2) is 6.84. The summed E-state index contributed by atoms with van der Waals surface area (Å²) in [4.78, 5) is 16.8. The van der Waals surface area contributed by atoms with Gasteiger partial charge in [-0.1, -0.05) is 0 Å². The van der Waals surface area contributed by atoms with Gasteiger partial charge in [0, 0.05) is 37.2 Å². The number of ether oxygens (including phenoxy) is 2. The Morgan fingerprint density at radius 2 is 2.22 bits per heavy atom. The van der Waals surface area contributed by atoms with Crippen molar-refractivity contribution in [3.05, 3.63) is 29.6 Å². The first-order valence-corrected chi connectivity index (χ1v) is 8.01. The summed E-state index contributed by atoms with van der Waals surface area (Å²) in [6.45, 7) is 3.72. The summed E-state index contributed by atoms with van der Waals surface area (Å²) >= 11 is 0. The zero-order valence-corrected chi connectivity index (χ0v) is 13.6. The highest BCUT2D eigenvalue weighted by Crippen LogP contribution is 2.26. The van der Waals surface area contributed by atoms with Gasteiger partial charge in [0.15, 0.2) is 11.6 Å². The number of piperidine rings is 1. The molecule has 2 aliphatic heterocycles. The Bertz CT molecular complexity index is 581. The normalized spacial score (nSPS) is 25.6. The number of carbonyl (C=O) groups excluding carboxylic acids is 1. The Morgan fingerprint density at radius 3 is 2.96 bits per heavy atom. The molecule has 0 aromatic heterocycles. The zero-order valence-electron chi connectivity index (χ0n) is 13.6. The molecule has 126 valence electrons. The van der Waals surface area contributed by atoms with E-state index in [-0.39, 0.29) is 11.7 Å². The molecule has 5 nitrogen and oxygen atoms in total. The van der Waals surface area contributed by atoms with Crippen LogP contribution in [0.25, 0.3) is 0 Å². The van der Waals surface area contributed by atoms with Crippen LogP contribution < -0.4 is 4.74 Å². The third-order valence-corrected chi connectivity index (χ3v) is 4.89. The Balaban J connectivity index is 1.74. The van der Waals surface area contributed by atoms with E-state index < -0.39 is 5.82 Å². The van der Waals surface area contributed by atoms with Crippen LogP contribution in [0.15, 0.2) is 18.2 Å². The van der Waals surface area contributed by atoms with Crippen molar-refractivity contribution in [3.8, 4) is 5.75 Å². The molecule has 2 fully saturated rings. The second-order valence-electron chi connectivity index (χ2n) is 6.27. The number of hydrogen-bond acceptors (Lipinski definition) is 4. The molecule has 0 spiro atoms. The molecule has 1 amide bonds. The maximum atomic E-state index is 13.8. The van der Waals surface area contributed by atoms with Crippen molar-refractivity contribution < 1.29 is 18.7 Å². The molecule has 1 aromatic rings. The van der Waals surface area contributed by atoms with Gasteiger partial charge in [-0.15, -0.1) is 0 Å². The lowest BCUT2D eigenvalue weighted by Gasteiger charge is -2.41. The number of amides is 1. The highest BCUT2D eigenvalue weighted by atomic mass is 19.1. The first kappa shape index (κ1) is 16.2. The summed E-state index contributed by atoms with van der Waals surface area (Å²) in [5.74, 6) is -0.0168. The number of rotatable bonds is 2.